The third-order valence-corrected chi connectivity index (χ3v) is 13.5. The molecule has 458 valence electrons. The predicted octanol–water partition coefficient (Wildman–Crippen LogP) is 16.8. The number of ether oxygens (including phenoxy) is 5. The van der Waals surface area contributed by atoms with Gasteiger partial charge in [0.1, 0.15) is 18.8 Å². The molecule has 0 radical (unpaired) electrons. The van der Waals surface area contributed by atoms with E-state index in [1.165, 1.54) is 44.9 Å². The first-order valence-electron chi connectivity index (χ1n) is 31.5. The number of unbranched alkanes of at least 4 members (excludes halogenated alkanes) is 18. The number of carbonyl (C=O) groups excluding carboxylic acids is 3. The van der Waals surface area contributed by atoms with Crippen molar-refractivity contribution in [3.8, 4) is 0 Å². The van der Waals surface area contributed by atoms with Crippen molar-refractivity contribution in [1.82, 2.24) is 0 Å². The summed E-state index contributed by atoms with van der Waals surface area (Å²) in [6.45, 7) is 5.76. The van der Waals surface area contributed by atoms with Gasteiger partial charge in [-0.1, -0.05) is 219 Å². The number of aliphatic hydroxyl groups is 2. The number of aliphatic carboxylic acids is 1. The Morgan fingerprint density at radius 3 is 1.27 bits per heavy atom. The first-order valence-corrected chi connectivity index (χ1v) is 31.5. The highest BCUT2D eigenvalue weighted by molar-refractivity contribution is 5.74. The van der Waals surface area contributed by atoms with Crippen LogP contribution in [0.4, 0.5) is 0 Å². The average Bonchev–Trinajstić information content (AvgIpc) is 3.45. The number of carboxylic acids is 1. The molecule has 3 N–H and O–H groups in total. The summed E-state index contributed by atoms with van der Waals surface area (Å²) in [6, 6.07) is 0. The third-order valence-electron chi connectivity index (χ3n) is 13.5. The number of esters is 3. The van der Waals surface area contributed by atoms with Crippen LogP contribution in [0.1, 0.15) is 239 Å². The molecule has 1 rings (SSSR count). The van der Waals surface area contributed by atoms with Crippen LogP contribution in [0.2, 0.25) is 0 Å². The van der Waals surface area contributed by atoms with Crippen LogP contribution in [-0.2, 0) is 42.9 Å². The predicted molar refractivity (Wildman–Crippen MR) is 330 cm³/mol. The van der Waals surface area contributed by atoms with Crippen LogP contribution in [-0.4, -0.2) is 89.2 Å². The average molecular weight is 1130 g/mol. The zero-order valence-electron chi connectivity index (χ0n) is 50.5. The molecule has 1 aliphatic rings. The van der Waals surface area contributed by atoms with Crippen LogP contribution in [0.15, 0.2) is 122 Å². The lowest BCUT2D eigenvalue weighted by Gasteiger charge is -2.40. The molecule has 12 heteroatoms. The number of rotatable bonds is 52. The number of hydrogen-bond donors (Lipinski definition) is 3. The van der Waals surface area contributed by atoms with Gasteiger partial charge in [0.15, 0.2) is 24.6 Å². The normalized spacial score (nSPS) is 18.6. The number of carboxylic acid groups (broad SMARTS) is 1. The molecule has 0 aromatic carbocycles. The summed E-state index contributed by atoms with van der Waals surface area (Å²) in [5, 5.41) is 31.6. The van der Waals surface area contributed by atoms with E-state index in [2.05, 4.69) is 130 Å². The van der Waals surface area contributed by atoms with Crippen molar-refractivity contribution in [2.45, 2.75) is 276 Å². The molecule has 6 atom stereocenters. The van der Waals surface area contributed by atoms with Crippen LogP contribution >= 0.6 is 0 Å². The molecule has 0 aromatic rings. The van der Waals surface area contributed by atoms with Gasteiger partial charge in [-0.25, -0.2) is 4.79 Å². The molecule has 0 spiro atoms. The van der Waals surface area contributed by atoms with Crippen molar-refractivity contribution in [3.63, 3.8) is 0 Å². The SMILES string of the molecule is CC/C=C\C/C=C\C/C=C\C/C=C\C/C=C\C/C=C\CCC(=O)OCC(COC1OC(C(=O)O)C(O)C(O)C1OC(=O)CCCCCCCC/C=C\C/C=C\C/C=C\CCCCC)OC(=O)CCCCCCC/C=C\CCCCCC. The van der Waals surface area contributed by atoms with E-state index >= 15 is 0 Å². The van der Waals surface area contributed by atoms with Gasteiger partial charge < -0.3 is 39.0 Å². The number of hydrogen-bond acceptors (Lipinski definition) is 11. The smallest absolute Gasteiger partial charge is 0.335 e. The van der Waals surface area contributed by atoms with Gasteiger partial charge in [-0.3, -0.25) is 14.4 Å². The third kappa shape index (κ3) is 45.3. The lowest BCUT2D eigenvalue weighted by molar-refractivity contribution is -0.301. The number of allylic oxidation sites excluding steroid dienone is 20. The topological polar surface area (TPSA) is 175 Å². The van der Waals surface area contributed by atoms with Gasteiger partial charge in [0.2, 0.25) is 0 Å². The van der Waals surface area contributed by atoms with Gasteiger partial charge in [-0.05, 0) is 122 Å². The lowest BCUT2D eigenvalue weighted by Crippen LogP contribution is -2.61. The van der Waals surface area contributed by atoms with Crippen molar-refractivity contribution in [1.29, 1.82) is 0 Å². The van der Waals surface area contributed by atoms with Gasteiger partial charge in [0.25, 0.3) is 0 Å². The van der Waals surface area contributed by atoms with E-state index in [9.17, 15) is 34.5 Å². The molecular formula is C69H110O12. The Morgan fingerprint density at radius 1 is 0.420 bits per heavy atom. The Balaban J connectivity index is 2.72. The van der Waals surface area contributed by atoms with Crippen LogP contribution in [0.3, 0.4) is 0 Å². The lowest BCUT2D eigenvalue weighted by atomic mass is 9.98. The largest absolute Gasteiger partial charge is 0.479 e. The number of carbonyl (C=O) groups is 4. The molecule has 1 aliphatic heterocycles. The van der Waals surface area contributed by atoms with E-state index in [1.807, 2.05) is 12.2 Å². The van der Waals surface area contributed by atoms with Gasteiger partial charge in [0, 0.05) is 19.3 Å². The maximum Gasteiger partial charge on any atom is 0.335 e. The van der Waals surface area contributed by atoms with Crippen molar-refractivity contribution in [2.24, 2.45) is 0 Å². The minimum atomic E-state index is -1.92. The minimum absolute atomic E-state index is 0.0320. The summed E-state index contributed by atoms with van der Waals surface area (Å²) in [7, 11) is 0. The molecule has 12 nitrogen and oxygen atoms in total. The van der Waals surface area contributed by atoms with Gasteiger partial charge in [-0.15, -0.1) is 0 Å². The molecule has 1 fully saturated rings. The van der Waals surface area contributed by atoms with Crippen LogP contribution in [0, 0.1) is 0 Å². The Hall–Kier alpha value is -4.88. The molecule has 1 saturated heterocycles. The zero-order valence-corrected chi connectivity index (χ0v) is 50.5. The molecule has 0 amide bonds. The quantitative estimate of drug-likeness (QED) is 0.0228. The van der Waals surface area contributed by atoms with Crippen molar-refractivity contribution in [3.05, 3.63) is 122 Å². The summed E-state index contributed by atoms with van der Waals surface area (Å²) < 4.78 is 28.4. The molecule has 1 heterocycles. The van der Waals surface area contributed by atoms with Crippen LogP contribution < -0.4 is 0 Å². The zero-order chi connectivity index (χ0) is 58.9. The monoisotopic (exact) mass is 1130 g/mol. The molecule has 0 saturated carbocycles. The van der Waals surface area contributed by atoms with Gasteiger partial charge in [0.05, 0.1) is 6.61 Å². The van der Waals surface area contributed by atoms with Crippen LogP contribution in [0.25, 0.3) is 0 Å². The maximum absolute atomic E-state index is 13.2. The Morgan fingerprint density at radius 2 is 0.802 bits per heavy atom. The van der Waals surface area contributed by atoms with Crippen molar-refractivity contribution < 1.29 is 58.2 Å². The summed E-state index contributed by atoms with van der Waals surface area (Å²) >= 11 is 0. The van der Waals surface area contributed by atoms with Gasteiger partial charge in [-0.2, -0.15) is 0 Å². The van der Waals surface area contributed by atoms with E-state index in [1.54, 1.807) is 0 Å². The van der Waals surface area contributed by atoms with E-state index < -0.39 is 67.3 Å². The molecular weight excluding hydrogens is 1020 g/mol. The summed E-state index contributed by atoms with van der Waals surface area (Å²) in [5.74, 6) is -3.27. The molecule has 0 aliphatic carbocycles. The first kappa shape index (κ1) is 74.1. The fourth-order valence-electron chi connectivity index (χ4n) is 8.69. The summed E-state index contributed by atoms with van der Waals surface area (Å²) in [5.41, 5.74) is 0. The fourth-order valence-corrected chi connectivity index (χ4v) is 8.69. The summed E-state index contributed by atoms with van der Waals surface area (Å²) in [4.78, 5) is 51.2. The number of aliphatic hydroxyl groups excluding tert-OH is 2. The maximum atomic E-state index is 13.2. The highest BCUT2D eigenvalue weighted by atomic mass is 16.7. The van der Waals surface area contributed by atoms with E-state index in [0.29, 0.717) is 19.3 Å². The molecule has 6 unspecified atom stereocenters. The second-order valence-corrected chi connectivity index (χ2v) is 20.9. The van der Waals surface area contributed by atoms with Crippen LogP contribution in [0.5, 0.6) is 0 Å². The molecule has 0 aromatic heterocycles. The standard InChI is InChI=1S/C69H110O12/c1-4-7-10-13-16-19-22-25-27-29-31-33-35-38-40-43-46-49-52-55-61(70)77-58-60(79-62(71)56-53-50-47-44-41-37-24-21-18-15-12-9-6-3)59-78-69-67(65(74)64(73)66(81-69)68(75)76)80-63(72)57-54-51-48-45-42-39-36-34-32-30-28-26-23-20-17-14-11-8-5-2/h7,10,16-17,19-21,24-28,31-34,38,40,46,49,60,64-67,69,73-74H,4-6,8-9,11-15,18,22-23,29-30,35-37,39,41-45,47-48,50-59H2,1-3H3,(H,75,76)/b10-7-,19-16-,20-17-,24-21-,27-25-,28-26-,33-31-,34-32-,40-38-,49-46-. The highest BCUT2D eigenvalue weighted by Crippen LogP contribution is 2.26. The second kappa shape index (κ2) is 55.6. The van der Waals surface area contributed by atoms with Crippen molar-refractivity contribution >= 4 is 23.9 Å². The Kier molecular flexibility index (Phi) is 50.9. The Bertz CT molecular complexity index is 1870. The van der Waals surface area contributed by atoms with Crippen molar-refractivity contribution in [2.75, 3.05) is 13.2 Å². The molecule has 81 heavy (non-hydrogen) atoms. The highest BCUT2D eigenvalue weighted by Gasteiger charge is 2.50. The van der Waals surface area contributed by atoms with Gasteiger partial charge >= 0.3 is 23.9 Å². The van der Waals surface area contributed by atoms with E-state index in [4.69, 9.17) is 23.7 Å². The fraction of sp³-hybridized carbons (Fsp3) is 0.652. The first-order chi connectivity index (χ1) is 39.6. The minimum Gasteiger partial charge on any atom is -0.479 e. The summed E-state index contributed by atoms with van der Waals surface area (Å²) in [6.07, 6.45) is 64.5. The Labute approximate surface area is 490 Å². The van der Waals surface area contributed by atoms with E-state index in [0.717, 1.165) is 135 Å². The second-order valence-electron chi connectivity index (χ2n) is 20.9. The molecule has 0 bridgehead atoms. The van der Waals surface area contributed by atoms with E-state index in [-0.39, 0.29) is 25.9 Å².